The van der Waals surface area contributed by atoms with E-state index in [4.69, 9.17) is 9.59 Å². The van der Waals surface area contributed by atoms with E-state index >= 15 is 0 Å². The second-order valence-corrected chi connectivity index (χ2v) is 6.37. The maximum absolute atomic E-state index is 13.2. The van der Waals surface area contributed by atoms with Gasteiger partial charge in [-0.05, 0) is 47.1 Å². The molecule has 14 heteroatoms. The van der Waals surface area contributed by atoms with Crippen LogP contribution in [0.1, 0.15) is 32.6 Å². The molecule has 4 nitrogen and oxygen atoms in total. The third-order valence-electron chi connectivity index (χ3n) is 3.56. The van der Waals surface area contributed by atoms with Crippen LogP contribution < -0.4 is 5.32 Å². The van der Waals surface area contributed by atoms with E-state index in [1.165, 1.54) is 13.0 Å². The summed E-state index contributed by atoms with van der Waals surface area (Å²) in [6.07, 6.45) is -20.8. The lowest BCUT2D eigenvalue weighted by Crippen LogP contribution is -2.55. The van der Waals surface area contributed by atoms with Crippen LogP contribution in [0, 0.1) is 5.92 Å². The van der Waals surface area contributed by atoms with Gasteiger partial charge in [0.25, 0.3) is 5.67 Å². The molecule has 0 saturated heterocycles. The van der Waals surface area contributed by atoms with Crippen molar-refractivity contribution in [2.24, 2.45) is 5.92 Å². The summed E-state index contributed by atoms with van der Waals surface area (Å²) in [5.41, 5.74) is -5.87. The minimum Gasteiger partial charge on any atom is -0.320 e. The Labute approximate surface area is 168 Å². The van der Waals surface area contributed by atoms with E-state index in [1.54, 1.807) is 0 Å². The average Bonchev–Trinajstić information content (AvgIpc) is 2.52. The number of carbonyl (C=O) groups excluding carboxylic acids is 2. The van der Waals surface area contributed by atoms with Crippen LogP contribution in [0.4, 0.5) is 43.9 Å². The molecule has 0 aromatic carbocycles. The Bertz CT molecular complexity index is 456. The van der Waals surface area contributed by atoms with Crippen LogP contribution in [-0.4, -0.2) is 69.5 Å². The number of rotatable bonds is 8. The van der Waals surface area contributed by atoms with Gasteiger partial charge < -0.3 is 10.2 Å². The zero-order valence-electron chi connectivity index (χ0n) is 16.9. The van der Waals surface area contributed by atoms with Crippen LogP contribution in [0.2, 0.25) is 0 Å². The van der Waals surface area contributed by atoms with E-state index in [-0.39, 0.29) is 12.6 Å². The third-order valence-corrected chi connectivity index (χ3v) is 3.56. The van der Waals surface area contributed by atoms with Gasteiger partial charge in [-0.25, -0.2) is 4.39 Å². The fourth-order valence-corrected chi connectivity index (χ4v) is 2.03. The number of alkyl halides is 10. The molecule has 30 heavy (non-hydrogen) atoms. The minimum atomic E-state index is -6.46. The smallest absolute Gasteiger partial charge is 0.320 e. The second kappa shape index (κ2) is 14.6. The molecule has 0 aliphatic carbocycles. The number of nitrogens with zero attached hydrogens (tertiary/aromatic N) is 1. The standard InChI is InChI=1S/C9H10F10.C6H16N2.CO2/c1-2-3-5(7(11,12)13)4-6(10,8(14,15)16)9(17,18)19;1-7-5-4-6-8(2)3;2-1-3/h5H,2-4H2,1H3;7H,4-6H2,1-3H3;. The molecule has 0 heterocycles. The molecule has 0 aliphatic rings. The van der Waals surface area contributed by atoms with E-state index in [0.717, 1.165) is 13.5 Å². The summed E-state index contributed by atoms with van der Waals surface area (Å²) >= 11 is 0. The Hall–Kier alpha value is -1.40. The Kier molecular flexibility index (Phi) is 16.2. The van der Waals surface area contributed by atoms with E-state index < -0.39 is 43.0 Å². The molecule has 0 rings (SSSR count). The highest BCUT2D eigenvalue weighted by atomic mass is 19.4. The Morgan fingerprint density at radius 3 is 1.53 bits per heavy atom. The molecular weight excluding hydrogens is 442 g/mol. The lowest BCUT2D eigenvalue weighted by atomic mass is 9.87. The van der Waals surface area contributed by atoms with E-state index in [1.807, 2.05) is 7.05 Å². The summed E-state index contributed by atoms with van der Waals surface area (Å²) < 4.78 is 123. The van der Waals surface area contributed by atoms with Gasteiger partial charge >= 0.3 is 24.7 Å². The van der Waals surface area contributed by atoms with Gasteiger partial charge in [-0.1, -0.05) is 13.3 Å². The lowest BCUT2D eigenvalue weighted by molar-refractivity contribution is -0.352. The van der Waals surface area contributed by atoms with Crippen LogP contribution in [0.15, 0.2) is 0 Å². The summed E-state index contributed by atoms with van der Waals surface area (Å²) in [6.45, 7) is 3.44. The molecule has 0 spiro atoms. The van der Waals surface area contributed by atoms with Crippen LogP contribution >= 0.6 is 0 Å². The van der Waals surface area contributed by atoms with Gasteiger partial charge in [-0.2, -0.15) is 49.1 Å². The minimum absolute atomic E-state index is 0.250. The SMILES string of the molecule is CCCC(CC(F)(C(F)(F)F)C(F)(F)F)C(F)(F)F.CNCCCN(C)C.O=C=O. The summed E-state index contributed by atoms with van der Waals surface area (Å²) in [5, 5.41) is 3.10. The largest absolute Gasteiger partial charge is 0.431 e. The molecule has 0 aliphatic heterocycles. The van der Waals surface area contributed by atoms with Crippen molar-refractivity contribution in [1.29, 1.82) is 0 Å². The molecule has 182 valence electrons. The van der Waals surface area contributed by atoms with Gasteiger partial charge in [0, 0.05) is 6.42 Å². The molecular formula is C16H26F10N2O2. The van der Waals surface area contributed by atoms with Crippen LogP contribution in [0.25, 0.3) is 0 Å². The van der Waals surface area contributed by atoms with Crippen LogP contribution in [0.5, 0.6) is 0 Å². The van der Waals surface area contributed by atoms with Gasteiger partial charge in [0.15, 0.2) is 0 Å². The quantitative estimate of drug-likeness (QED) is 0.412. The lowest BCUT2D eigenvalue weighted by Gasteiger charge is -2.33. The van der Waals surface area contributed by atoms with Gasteiger partial charge in [0.1, 0.15) is 0 Å². The summed E-state index contributed by atoms with van der Waals surface area (Å²) in [6, 6.07) is 0. The first kappa shape index (κ1) is 33.2. The molecule has 0 amide bonds. The molecule has 0 fully saturated rings. The molecule has 0 aromatic heterocycles. The topological polar surface area (TPSA) is 49.4 Å². The zero-order chi connectivity index (χ0) is 24.8. The van der Waals surface area contributed by atoms with Crippen molar-refractivity contribution in [3.8, 4) is 0 Å². The van der Waals surface area contributed by atoms with Crippen molar-refractivity contribution in [1.82, 2.24) is 10.2 Å². The first-order valence-corrected chi connectivity index (χ1v) is 8.53. The fourth-order valence-electron chi connectivity index (χ4n) is 2.03. The third kappa shape index (κ3) is 13.8. The van der Waals surface area contributed by atoms with Crippen molar-refractivity contribution in [2.45, 2.75) is 56.8 Å². The number of hydrogen-bond acceptors (Lipinski definition) is 4. The molecule has 0 bridgehead atoms. The second-order valence-electron chi connectivity index (χ2n) is 6.37. The predicted molar refractivity (Wildman–Crippen MR) is 87.1 cm³/mol. The highest BCUT2D eigenvalue weighted by Gasteiger charge is 2.73. The summed E-state index contributed by atoms with van der Waals surface area (Å²) in [5.74, 6) is -3.01. The van der Waals surface area contributed by atoms with E-state index in [0.29, 0.717) is 0 Å². The molecule has 0 radical (unpaired) electrons. The first-order valence-electron chi connectivity index (χ1n) is 8.53. The number of halogens is 10. The van der Waals surface area contributed by atoms with Gasteiger partial charge in [-0.3, -0.25) is 0 Å². The Balaban J connectivity index is -0.000000548. The van der Waals surface area contributed by atoms with Crippen molar-refractivity contribution >= 4 is 6.15 Å². The molecule has 0 aromatic rings. The molecule has 0 saturated carbocycles. The van der Waals surface area contributed by atoms with Crippen molar-refractivity contribution < 1.29 is 53.5 Å². The van der Waals surface area contributed by atoms with Crippen LogP contribution in [0.3, 0.4) is 0 Å². The van der Waals surface area contributed by atoms with Crippen molar-refractivity contribution in [3.05, 3.63) is 0 Å². The van der Waals surface area contributed by atoms with Crippen molar-refractivity contribution in [2.75, 3.05) is 34.2 Å². The molecule has 1 N–H and O–H groups in total. The van der Waals surface area contributed by atoms with E-state index in [2.05, 4.69) is 24.3 Å². The predicted octanol–water partition coefficient (Wildman–Crippen LogP) is 4.76. The normalized spacial score (nSPS) is 13.6. The molecule has 1 unspecified atom stereocenters. The summed E-state index contributed by atoms with van der Waals surface area (Å²) in [4.78, 5) is 18.4. The number of nitrogens with one attached hydrogen (secondary N) is 1. The number of hydrogen-bond donors (Lipinski definition) is 1. The maximum atomic E-state index is 13.2. The molecule has 1 atom stereocenters. The van der Waals surface area contributed by atoms with Crippen molar-refractivity contribution in [3.63, 3.8) is 0 Å². The van der Waals surface area contributed by atoms with E-state index in [9.17, 15) is 43.9 Å². The zero-order valence-corrected chi connectivity index (χ0v) is 16.9. The first-order chi connectivity index (χ1) is 13.4. The summed E-state index contributed by atoms with van der Waals surface area (Å²) in [7, 11) is 6.17. The monoisotopic (exact) mass is 468 g/mol. The van der Waals surface area contributed by atoms with Gasteiger partial charge in [0.05, 0.1) is 5.92 Å². The maximum Gasteiger partial charge on any atom is 0.431 e. The van der Waals surface area contributed by atoms with Gasteiger partial charge in [0.2, 0.25) is 0 Å². The fraction of sp³-hybridized carbons (Fsp3) is 0.938. The Morgan fingerprint density at radius 2 is 1.30 bits per heavy atom. The average molecular weight is 468 g/mol. The van der Waals surface area contributed by atoms with Gasteiger partial charge in [-0.15, -0.1) is 0 Å². The Morgan fingerprint density at radius 1 is 0.900 bits per heavy atom. The highest BCUT2D eigenvalue weighted by molar-refractivity contribution is 5.20. The highest BCUT2D eigenvalue weighted by Crippen LogP contribution is 2.52. The van der Waals surface area contributed by atoms with Crippen LogP contribution in [-0.2, 0) is 9.59 Å².